The highest BCUT2D eigenvalue weighted by Crippen LogP contribution is 2.41. The topological polar surface area (TPSA) is 70.7 Å². The fourth-order valence-electron chi connectivity index (χ4n) is 6.88. The molecule has 2 aliphatic heterocycles. The molecule has 0 aliphatic carbocycles. The maximum absolute atomic E-state index is 13.9. The van der Waals surface area contributed by atoms with Gasteiger partial charge < -0.3 is 20.3 Å². The van der Waals surface area contributed by atoms with Crippen molar-refractivity contribution in [1.29, 1.82) is 0 Å². The number of hydrogen-bond acceptors (Lipinski definition) is 4. The minimum absolute atomic E-state index is 0.00689. The second-order valence-electron chi connectivity index (χ2n) is 11.7. The molecule has 2 N–H and O–H groups in total. The lowest BCUT2D eigenvalue weighted by Gasteiger charge is -2.37. The van der Waals surface area contributed by atoms with Crippen molar-refractivity contribution in [1.82, 2.24) is 15.5 Å². The van der Waals surface area contributed by atoms with Crippen molar-refractivity contribution < 1.29 is 14.3 Å². The number of likely N-dealkylation sites (tertiary alicyclic amines) is 1. The Bertz CT molecular complexity index is 1430. The summed E-state index contributed by atoms with van der Waals surface area (Å²) in [6.07, 6.45) is 2.94. The van der Waals surface area contributed by atoms with Crippen LogP contribution in [0, 0.1) is 13.8 Å². The third-order valence-electron chi connectivity index (χ3n) is 9.19. The number of halogens is 2. The number of carbonyl (C=O) groups excluding carboxylic acids is 2. The second kappa shape index (κ2) is 12.7. The summed E-state index contributed by atoms with van der Waals surface area (Å²) in [6, 6.07) is 19.6. The highest BCUT2D eigenvalue weighted by molar-refractivity contribution is 6.42. The monoisotopic (exact) mass is 607 g/mol. The highest BCUT2D eigenvalue weighted by Gasteiger charge is 2.44. The minimum atomic E-state index is -0.551. The number of benzene rings is 3. The van der Waals surface area contributed by atoms with Crippen LogP contribution in [0.4, 0.5) is 0 Å². The van der Waals surface area contributed by atoms with Crippen LogP contribution in [0.2, 0.25) is 10.0 Å². The van der Waals surface area contributed by atoms with Crippen molar-refractivity contribution in [3.8, 4) is 5.75 Å². The Kier molecular flexibility index (Phi) is 9.17. The van der Waals surface area contributed by atoms with Crippen molar-refractivity contribution in [2.24, 2.45) is 0 Å². The smallest absolute Gasteiger partial charge is 0.253 e. The predicted octanol–water partition coefficient (Wildman–Crippen LogP) is 6.23. The predicted molar refractivity (Wildman–Crippen MR) is 169 cm³/mol. The molecule has 8 heteroatoms. The molecule has 2 saturated heterocycles. The Balaban J connectivity index is 1.37. The van der Waals surface area contributed by atoms with Gasteiger partial charge in [-0.25, -0.2) is 0 Å². The minimum Gasteiger partial charge on any atom is -0.496 e. The van der Waals surface area contributed by atoms with E-state index >= 15 is 0 Å². The molecule has 3 aromatic rings. The van der Waals surface area contributed by atoms with Crippen LogP contribution in [0.25, 0.3) is 0 Å². The molecule has 0 aromatic heterocycles. The largest absolute Gasteiger partial charge is 0.496 e. The number of piperidine rings is 1. The first-order valence-corrected chi connectivity index (χ1v) is 15.4. The van der Waals surface area contributed by atoms with Gasteiger partial charge in [-0.05, 0) is 99.1 Å². The average Bonchev–Trinajstić information content (AvgIpc) is 3.44. The molecule has 2 amide bonds. The summed E-state index contributed by atoms with van der Waals surface area (Å²) in [7, 11) is 1.65. The normalized spacial score (nSPS) is 19.9. The Morgan fingerprint density at radius 2 is 1.62 bits per heavy atom. The van der Waals surface area contributed by atoms with E-state index in [1.165, 1.54) is 0 Å². The van der Waals surface area contributed by atoms with Gasteiger partial charge in [-0.2, -0.15) is 0 Å². The van der Waals surface area contributed by atoms with Crippen LogP contribution in [0.5, 0.6) is 5.75 Å². The second-order valence-corrected chi connectivity index (χ2v) is 12.5. The molecule has 0 radical (unpaired) electrons. The first kappa shape index (κ1) is 30.4. The van der Waals surface area contributed by atoms with Gasteiger partial charge in [0.05, 0.1) is 22.6 Å². The molecule has 2 fully saturated rings. The highest BCUT2D eigenvalue weighted by atomic mass is 35.5. The lowest BCUT2D eigenvalue weighted by molar-refractivity contribution is -0.127. The molecule has 6 nitrogen and oxygen atoms in total. The SMILES string of the molecule is COc1c(C)cc(C(=O)N2CCC(CCNC(=O)C3(c4ccccc4)CCNCC3)(c3ccc(Cl)c(Cl)c3)C2)cc1C. The molecule has 2 aliphatic rings. The lowest BCUT2D eigenvalue weighted by Crippen LogP contribution is -2.51. The van der Waals surface area contributed by atoms with Crippen molar-refractivity contribution in [2.75, 3.05) is 39.8 Å². The van der Waals surface area contributed by atoms with E-state index in [2.05, 4.69) is 22.8 Å². The Morgan fingerprint density at radius 1 is 0.929 bits per heavy atom. The number of hydrogen-bond donors (Lipinski definition) is 2. The van der Waals surface area contributed by atoms with E-state index in [1.807, 2.05) is 67.3 Å². The summed E-state index contributed by atoms with van der Waals surface area (Å²) < 4.78 is 5.50. The number of carbonyl (C=O) groups is 2. The molecule has 5 rings (SSSR count). The van der Waals surface area contributed by atoms with Gasteiger partial charge in [0.2, 0.25) is 5.91 Å². The molecule has 3 aromatic carbocycles. The molecular weight excluding hydrogens is 569 g/mol. The first-order valence-electron chi connectivity index (χ1n) is 14.6. The summed E-state index contributed by atoms with van der Waals surface area (Å²) in [4.78, 5) is 29.5. The van der Waals surface area contributed by atoms with Crippen LogP contribution < -0.4 is 15.4 Å². The Labute approximate surface area is 258 Å². The maximum atomic E-state index is 13.9. The van der Waals surface area contributed by atoms with Crippen molar-refractivity contribution >= 4 is 35.0 Å². The van der Waals surface area contributed by atoms with Crippen LogP contribution in [-0.2, 0) is 15.6 Å². The molecule has 2 heterocycles. The number of nitrogens with one attached hydrogen (secondary N) is 2. The average molecular weight is 609 g/mol. The van der Waals surface area contributed by atoms with Gasteiger partial charge in [0.25, 0.3) is 5.91 Å². The third-order valence-corrected chi connectivity index (χ3v) is 9.93. The zero-order valence-electron chi connectivity index (χ0n) is 24.6. The van der Waals surface area contributed by atoms with Crippen molar-refractivity contribution in [3.05, 3.63) is 98.5 Å². The Hall–Kier alpha value is -3.06. The maximum Gasteiger partial charge on any atom is 0.253 e. The summed E-state index contributed by atoms with van der Waals surface area (Å²) in [5.74, 6) is 0.859. The molecular formula is C34H39Cl2N3O3. The lowest BCUT2D eigenvalue weighted by atomic mass is 9.72. The summed E-state index contributed by atoms with van der Waals surface area (Å²) in [5, 5.41) is 7.68. The number of amides is 2. The van der Waals surface area contributed by atoms with E-state index < -0.39 is 5.41 Å². The van der Waals surface area contributed by atoms with Gasteiger partial charge >= 0.3 is 0 Å². The zero-order valence-corrected chi connectivity index (χ0v) is 26.1. The van der Waals surface area contributed by atoms with Gasteiger partial charge in [0, 0.05) is 30.6 Å². The number of nitrogens with zero attached hydrogens (tertiary/aromatic N) is 1. The number of aryl methyl sites for hydroxylation is 2. The van der Waals surface area contributed by atoms with E-state index in [0.29, 0.717) is 41.7 Å². The summed E-state index contributed by atoms with van der Waals surface area (Å²) in [5.41, 5.74) is 3.69. The van der Waals surface area contributed by atoms with Gasteiger partial charge in [-0.3, -0.25) is 9.59 Å². The molecule has 0 saturated carbocycles. The van der Waals surface area contributed by atoms with Crippen LogP contribution >= 0.6 is 23.2 Å². The quantitative estimate of drug-likeness (QED) is 0.318. The molecule has 42 heavy (non-hydrogen) atoms. The number of ether oxygens (including phenoxy) is 1. The van der Waals surface area contributed by atoms with E-state index in [0.717, 1.165) is 60.4 Å². The molecule has 0 bridgehead atoms. The zero-order chi connectivity index (χ0) is 29.9. The van der Waals surface area contributed by atoms with Gasteiger partial charge in [-0.15, -0.1) is 0 Å². The fourth-order valence-corrected chi connectivity index (χ4v) is 7.17. The standard InChI is InChI=1S/C34H39Cl2N3O3/c1-23-19-25(20-24(2)30(23)42-3)31(40)39-18-14-33(22-39,27-9-10-28(35)29(36)21-27)11-17-38-32(41)34(12-15-37-16-13-34)26-7-5-4-6-8-26/h4-10,19-21,37H,11-18,22H2,1-3H3,(H,38,41). The van der Waals surface area contributed by atoms with Crippen LogP contribution in [-0.4, -0.2) is 56.5 Å². The van der Waals surface area contributed by atoms with E-state index in [9.17, 15) is 9.59 Å². The van der Waals surface area contributed by atoms with Gasteiger partial charge in [-0.1, -0.05) is 59.6 Å². The van der Waals surface area contributed by atoms with Crippen molar-refractivity contribution in [3.63, 3.8) is 0 Å². The fraction of sp³-hybridized carbons (Fsp3) is 0.412. The third kappa shape index (κ3) is 5.90. The Morgan fingerprint density at radius 3 is 2.26 bits per heavy atom. The van der Waals surface area contributed by atoms with Crippen LogP contribution in [0.3, 0.4) is 0 Å². The van der Waals surface area contributed by atoms with Crippen LogP contribution in [0.1, 0.15) is 58.3 Å². The number of methoxy groups -OCH3 is 1. The van der Waals surface area contributed by atoms with E-state index in [-0.39, 0.29) is 17.2 Å². The van der Waals surface area contributed by atoms with Crippen LogP contribution in [0.15, 0.2) is 60.7 Å². The first-order chi connectivity index (χ1) is 20.2. The summed E-state index contributed by atoms with van der Waals surface area (Å²) in [6.45, 7) is 7.14. The molecule has 222 valence electrons. The van der Waals surface area contributed by atoms with E-state index in [1.54, 1.807) is 7.11 Å². The van der Waals surface area contributed by atoms with Crippen molar-refractivity contribution in [2.45, 2.75) is 50.4 Å². The number of rotatable bonds is 8. The van der Waals surface area contributed by atoms with Gasteiger partial charge in [0.1, 0.15) is 5.75 Å². The molecule has 0 spiro atoms. The van der Waals surface area contributed by atoms with Gasteiger partial charge in [0.15, 0.2) is 0 Å². The van der Waals surface area contributed by atoms with E-state index in [4.69, 9.17) is 27.9 Å². The molecule has 1 atom stereocenters. The molecule has 1 unspecified atom stereocenters. The summed E-state index contributed by atoms with van der Waals surface area (Å²) >= 11 is 12.8.